The number of ketones is 2. The van der Waals surface area contributed by atoms with E-state index in [0.29, 0.717) is 33.9 Å². The van der Waals surface area contributed by atoms with Crippen LogP contribution in [0, 0.1) is 5.92 Å². The molecule has 3 heterocycles. The number of hydrogen-bond donors (Lipinski definition) is 1. The summed E-state index contributed by atoms with van der Waals surface area (Å²) in [6, 6.07) is 27.5. The third-order valence-electron chi connectivity index (χ3n) is 8.82. The van der Waals surface area contributed by atoms with Crippen LogP contribution in [-0.2, 0) is 10.2 Å². The standard InChI is InChI=1S/C35H28N2O5/c1-41-24-17-14-22(15-18-24)33(39)31-30(32(38)23-9-7-10-25(20-23)42-2)35(26-11-4-5-12-27(26)36-34(35)40)29-19-16-21-8-3-6-13-28(21)37(29)31/h3-20,29-31H,1-2H3,(H,36,40)/t29-,30-,31+,35-/m1/s1. The fraction of sp³-hybridized carbons (Fsp3) is 0.171. The van der Waals surface area contributed by atoms with Gasteiger partial charge in [0.05, 0.1) is 26.2 Å². The van der Waals surface area contributed by atoms with Crippen molar-refractivity contribution in [3.8, 4) is 11.5 Å². The molecule has 1 N–H and O–H groups in total. The van der Waals surface area contributed by atoms with Crippen molar-refractivity contribution in [2.45, 2.75) is 17.5 Å². The second-order valence-electron chi connectivity index (χ2n) is 10.8. The van der Waals surface area contributed by atoms with Crippen molar-refractivity contribution in [1.82, 2.24) is 0 Å². The molecule has 0 aliphatic carbocycles. The van der Waals surface area contributed by atoms with E-state index in [0.717, 1.165) is 11.3 Å². The Hall–Kier alpha value is -5.17. The topological polar surface area (TPSA) is 84.9 Å². The first-order valence-electron chi connectivity index (χ1n) is 13.8. The van der Waals surface area contributed by atoms with Crippen LogP contribution in [0.3, 0.4) is 0 Å². The van der Waals surface area contributed by atoms with Gasteiger partial charge in [0.25, 0.3) is 0 Å². The van der Waals surface area contributed by atoms with Gasteiger partial charge in [-0.2, -0.15) is 0 Å². The molecule has 1 amide bonds. The highest BCUT2D eigenvalue weighted by Crippen LogP contribution is 2.58. The zero-order valence-corrected chi connectivity index (χ0v) is 23.1. The fourth-order valence-corrected chi connectivity index (χ4v) is 7.00. The highest BCUT2D eigenvalue weighted by Gasteiger charge is 2.70. The number of carbonyl (C=O) groups excluding carboxylic acids is 3. The van der Waals surface area contributed by atoms with Gasteiger partial charge in [-0.3, -0.25) is 14.4 Å². The van der Waals surface area contributed by atoms with Gasteiger partial charge in [-0.05, 0) is 59.7 Å². The van der Waals surface area contributed by atoms with E-state index in [2.05, 4.69) is 5.32 Å². The first-order chi connectivity index (χ1) is 20.5. The van der Waals surface area contributed by atoms with Gasteiger partial charge in [0.15, 0.2) is 11.6 Å². The van der Waals surface area contributed by atoms with Crippen molar-refractivity contribution in [2.75, 3.05) is 24.4 Å². The molecule has 0 radical (unpaired) electrons. The number of fused-ring (bicyclic) bond motifs is 6. The number of nitrogens with zero attached hydrogens (tertiary/aromatic N) is 1. The molecule has 1 spiro atoms. The number of Topliss-reactive ketones (excluding diaryl/α,β-unsaturated/α-hetero) is 2. The summed E-state index contributed by atoms with van der Waals surface area (Å²) in [6.45, 7) is 0. The summed E-state index contributed by atoms with van der Waals surface area (Å²) in [6.07, 6.45) is 3.96. The van der Waals surface area contributed by atoms with Crippen LogP contribution in [0.5, 0.6) is 11.5 Å². The average Bonchev–Trinajstić information content (AvgIpc) is 3.52. The minimum atomic E-state index is -1.37. The number of carbonyl (C=O) groups is 3. The lowest BCUT2D eigenvalue weighted by Crippen LogP contribution is -2.51. The molecular weight excluding hydrogens is 528 g/mol. The molecule has 42 heavy (non-hydrogen) atoms. The third kappa shape index (κ3) is 3.56. The van der Waals surface area contributed by atoms with Gasteiger partial charge in [0, 0.05) is 22.5 Å². The van der Waals surface area contributed by atoms with Gasteiger partial charge in [-0.25, -0.2) is 0 Å². The summed E-state index contributed by atoms with van der Waals surface area (Å²) in [5.74, 6) is -0.759. The molecule has 1 saturated heterocycles. The smallest absolute Gasteiger partial charge is 0.238 e. The summed E-state index contributed by atoms with van der Waals surface area (Å²) >= 11 is 0. The Labute approximate surface area is 243 Å². The zero-order chi connectivity index (χ0) is 29.0. The quantitative estimate of drug-likeness (QED) is 0.313. The van der Waals surface area contributed by atoms with E-state index in [4.69, 9.17) is 9.47 Å². The first kappa shape index (κ1) is 25.8. The molecule has 0 saturated carbocycles. The number of ether oxygens (including phenoxy) is 2. The summed E-state index contributed by atoms with van der Waals surface area (Å²) < 4.78 is 10.8. The lowest BCUT2D eigenvalue weighted by atomic mass is 9.64. The molecule has 3 aliphatic heterocycles. The molecule has 4 aromatic rings. The number of amides is 1. The molecule has 1 fully saturated rings. The van der Waals surface area contributed by atoms with Crippen LogP contribution >= 0.6 is 0 Å². The Morgan fingerprint density at radius 1 is 0.786 bits per heavy atom. The fourth-order valence-electron chi connectivity index (χ4n) is 7.00. The van der Waals surface area contributed by atoms with Crippen molar-refractivity contribution in [1.29, 1.82) is 0 Å². The number of benzene rings is 4. The van der Waals surface area contributed by atoms with E-state index in [1.807, 2.05) is 65.6 Å². The maximum absolute atomic E-state index is 14.9. The first-order valence-corrected chi connectivity index (χ1v) is 13.8. The Morgan fingerprint density at radius 3 is 2.31 bits per heavy atom. The molecule has 7 nitrogen and oxygen atoms in total. The van der Waals surface area contributed by atoms with Crippen molar-refractivity contribution < 1.29 is 23.9 Å². The molecule has 0 unspecified atom stereocenters. The molecule has 208 valence electrons. The number of para-hydroxylation sites is 2. The van der Waals surface area contributed by atoms with E-state index in [1.165, 1.54) is 0 Å². The summed E-state index contributed by atoms with van der Waals surface area (Å²) in [4.78, 5) is 46.0. The summed E-state index contributed by atoms with van der Waals surface area (Å²) in [5.41, 5.74) is 2.51. The zero-order valence-electron chi connectivity index (χ0n) is 23.1. The maximum atomic E-state index is 14.9. The number of hydrogen-bond acceptors (Lipinski definition) is 6. The predicted molar refractivity (Wildman–Crippen MR) is 160 cm³/mol. The van der Waals surface area contributed by atoms with E-state index < -0.39 is 23.4 Å². The minimum Gasteiger partial charge on any atom is -0.497 e. The van der Waals surface area contributed by atoms with Crippen molar-refractivity contribution in [3.63, 3.8) is 0 Å². The SMILES string of the molecule is COc1ccc(C(=O)[C@@H]2[C@H](C(=O)c3cccc(OC)c3)[C@]3(C(=O)Nc4ccccc43)[C@H]3C=Cc4ccccc4N23)cc1. The molecule has 4 aromatic carbocycles. The lowest BCUT2D eigenvalue weighted by Gasteiger charge is -2.37. The van der Waals surface area contributed by atoms with Crippen LogP contribution in [0.4, 0.5) is 11.4 Å². The van der Waals surface area contributed by atoms with Crippen molar-refractivity contribution in [3.05, 3.63) is 125 Å². The largest absolute Gasteiger partial charge is 0.497 e. The maximum Gasteiger partial charge on any atom is 0.238 e. The molecule has 4 atom stereocenters. The van der Waals surface area contributed by atoms with Crippen molar-refractivity contribution >= 4 is 34.9 Å². The Morgan fingerprint density at radius 2 is 1.52 bits per heavy atom. The summed E-state index contributed by atoms with van der Waals surface area (Å²) in [7, 11) is 3.11. The van der Waals surface area contributed by atoms with Crippen LogP contribution in [0.25, 0.3) is 6.08 Å². The van der Waals surface area contributed by atoms with Gasteiger partial charge < -0.3 is 19.7 Å². The average molecular weight is 557 g/mol. The van der Waals surface area contributed by atoms with E-state index in [-0.39, 0.29) is 17.5 Å². The predicted octanol–water partition coefficient (Wildman–Crippen LogP) is 5.56. The minimum absolute atomic E-state index is 0.247. The monoisotopic (exact) mass is 556 g/mol. The van der Waals surface area contributed by atoms with Crippen LogP contribution in [0.2, 0.25) is 0 Å². The van der Waals surface area contributed by atoms with Gasteiger partial charge in [-0.15, -0.1) is 0 Å². The molecule has 7 rings (SSSR count). The molecule has 0 aromatic heterocycles. The van der Waals surface area contributed by atoms with Gasteiger partial charge >= 0.3 is 0 Å². The molecule has 3 aliphatic rings. The Bertz CT molecular complexity index is 1780. The molecular formula is C35H28N2O5. The van der Waals surface area contributed by atoms with Gasteiger partial charge in [-0.1, -0.05) is 60.7 Å². The number of nitrogens with one attached hydrogen (secondary N) is 1. The van der Waals surface area contributed by atoms with Crippen LogP contribution in [-0.4, -0.2) is 43.8 Å². The lowest BCUT2D eigenvalue weighted by molar-refractivity contribution is -0.121. The van der Waals surface area contributed by atoms with Crippen molar-refractivity contribution in [2.24, 2.45) is 5.92 Å². The number of anilines is 2. The van der Waals surface area contributed by atoms with Crippen LogP contribution in [0.15, 0.2) is 103 Å². The van der Waals surface area contributed by atoms with Crippen LogP contribution in [0.1, 0.15) is 31.8 Å². The number of rotatable bonds is 6. The third-order valence-corrected chi connectivity index (χ3v) is 8.82. The Kier molecular flexibility index (Phi) is 5.97. The van der Waals surface area contributed by atoms with E-state index in [1.54, 1.807) is 62.8 Å². The van der Waals surface area contributed by atoms with Gasteiger partial charge in [0.1, 0.15) is 23.0 Å². The van der Waals surface area contributed by atoms with Crippen LogP contribution < -0.4 is 19.7 Å². The van der Waals surface area contributed by atoms with E-state index in [9.17, 15) is 14.4 Å². The second kappa shape index (κ2) is 9.73. The highest BCUT2D eigenvalue weighted by atomic mass is 16.5. The second-order valence-corrected chi connectivity index (χ2v) is 10.8. The highest BCUT2D eigenvalue weighted by molar-refractivity contribution is 6.18. The normalized spacial score (nSPS) is 23.1. The Balaban J connectivity index is 1.52. The number of methoxy groups -OCH3 is 2. The van der Waals surface area contributed by atoms with E-state index >= 15 is 0 Å². The van der Waals surface area contributed by atoms with Gasteiger partial charge in [0.2, 0.25) is 5.91 Å². The summed E-state index contributed by atoms with van der Waals surface area (Å²) in [5, 5.41) is 3.06. The molecule has 7 heteroatoms. The molecule has 0 bridgehead atoms.